The van der Waals surface area contributed by atoms with E-state index in [0.29, 0.717) is 5.46 Å². The minimum atomic E-state index is -1.45. The summed E-state index contributed by atoms with van der Waals surface area (Å²) in [6.45, 7) is 0. The van der Waals surface area contributed by atoms with Crippen molar-refractivity contribution in [3.05, 3.63) is 96.2 Å². The van der Waals surface area contributed by atoms with Crippen molar-refractivity contribution in [3.63, 3.8) is 0 Å². The molecule has 1 aliphatic rings. The summed E-state index contributed by atoms with van der Waals surface area (Å²) in [6, 6.07) is 24.1. The lowest BCUT2D eigenvalue weighted by Crippen LogP contribution is -2.29. The van der Waals surface area contributed by atoms with Gasteiger partial charge in [-0.15, -0.1) is 0 Å². The van der Waals surface area contributed by atoms with Crippen molar-refractivity contribution in [2.45, 2.75) is 0 Å². The molecular weight excluding hydrogens is 345 g/mol. The Labute approximate surface area is 163 Å². The molecule has 3 nitrogen and oxygen atoms in total. The van der Waals surface area contributed by atoms with Crippen molar-refractivity contribution >= 4 is 35.6 Å². The molecule has 5 rings (SSSR count). The third-order valence-electron chi connectivity index (χ3n) is 5.17. The average molecular weight is 362 g/mol. The van der Waals surface area contributed by atoms with E-state index in [9.17, 15) is 10.0 Å². The molecule has 1 aliphatic carbocycles. The van der Waals surface area contributed by atoms with Gasteiger partial charge in [0.1, 0.15) is 17.7 Å². The first-order valence-electron chi connectivity index (χ1n) is 9.18. The Morgan fingerprint density at radius 1 is 0.821 bits per heavy atom. The number of para-hydroxylation sites is 1. The van der Waals surface area contributed by atoms with E-state index in [1.807, 2.05) is 42.5 Å². The van der Waals surface area contributed by atoms with Crippen molar-refractivity contribution < 1.29 is 10.0 Å². The molecule has 0 radical (unpaired) electrons. The number of allylic oxidation sites excluding steroid dienone is 2. The topological polar surface area (TPSA) is 45.4 Å². The van der Waals surface area contributed by atoms with Gasteiger partial charge in [0.25, 0.3) is 0 Å². The van der Waals surface area contributed by atoms with Crippen LogP contribution >= 0.6 is 0 Å². The average Bonchev–Trinajstić information content (AvgIpc) is 3.08. The number of hydrogen-bond acceptors (Lipinski definition) is 2. The van der Waals surface area contributed by atoms with E-state index in [1.165, 1.54) is 5.39 Å². The second-order valence-electron chi connectivity index (χ2n) is 6.84. The van der Waals surface area contributed by atoms with Crippen LogP contribution in [0.4, 0.5) is 0 Å². The summed E-state index contributed by atoms with van der Waals surface area (Å²) in [5.41, 5.74) is 7.19. The normalized spacial score (nSPS) is 12.1. The second-order valence-corrected chi connectivity index (χ2v) is 6.84. The molecule has 0 unspecified atom stereocenters. The predicted octanol–water partition coefficient (Wildman–Crippen LogP) is 3.82. The summed E-state index contributed by atoms with van der Waals surface area (Å²) in [5.74, 6) is 0. The van der Waals surface area contributed by atoms with Gasteiger partial charge in [0, 0.05) is 11.8 Å². The lowest BCUT2D eigenvalue weighted by atomic mass is 9.80. The monoisotopic (exact) mass is 362 g/mol. The SMILES string of the molecule is OB(O)c1ccc(-c2ccc3c(c2)c2c(n3-c3ccccc3)C=C[C+]=C2)cc1. The highest BCUT2D eigenvalue weighted by Crippen LogP contribution is 2.35. The molecule has 0 bridgehead atoms. The fourth-order valence-corrected chi connectivity index (χ4v) is 3.79. The highest BCUT2D eigenvalue weighted by molar-refractivity contribution is 6.58. The summed E-state index contributed by atoms with van der Waals surface area (Å²) >= 11 is 0. The van der Waals surface area contributed by atoms with Crippen LogP contribution in [-0.2, 0) is 0 Å². The van der Waals surface area contributed by atoms with Gasteiger partial charge in [-0.25, -0.2) is 0 Å². The number of aromatic nitrogens is 1. The Morgan fingerprint density at radius 3 is 2.32 bits per heavy atom. The summed E-state index contributed by atoms with van der Waals surface area (Å²) < 4.78 is 2.27. The van der Waals surface area contributed by atoms with Gasteiger partial charge >= 0.3 is 7.12 Å². The summed E-state index contributed by atoms with van der Waals surface area (Å²) in [5, 5.41) is 19.8. The van der Waals surface area contributed by atoms with Crippen LogP contribution in [0.1, 0.15) is 11.3 Å². The number of nitrogens with zero attached hydrogens (tertiary/aromatic N) is 1. The molecule has 0 spiro atoms. The van der Waals surface area contributed by atoms with E-state index in [2.05, 4.69) is 47.1 Å². The summed E-state index contributed by atoms with van der Waals surface area (Å²) in [6.07, 6.45) is 9.28. The molecule has 4 heteroatoms. The lowest BCUT2D eigenvalue weighted by molar-refractivity contribution is 0.426. The van der Waals surface area contributed by atoms with E-state index in [0.717, 1.165) is 33.6 Å². The van der Waals surface area contributed by atoms with E-state index in [4.69, 9.17) is 0 Å². The molecule has 0 amide bonds. The van der Waals surface area contributed by atoms with Crippen LogP contribution in [0, 0.1) is 6.08 Å². The van der Waals surface area contributed by atoms with Gasteiger partial charge in [-0.05, 0) is 40.9 Å². The molecule has 1 heterocycles. The standard InChI is InChI=1S/C24H17BNO2/c27-25(28)19-13-10-17(11-14-19)18-12-15-24-22(16-18)21-8-4-5-9-23(21)26(24)20-6-2-1-3-7-20/h1-3,5-16,27-28H/q+1. The highest BCUT2D eigenvalue weighted by Gasteiger charge is 2.23. The minimum absolute atomic E-state index is 0.486. The van der Waals surface area contributed by atoms with Crippen molar-refractivity contribution in [1.82, 2.24) is 4.57 Å². The van der Waals surface area contributed by atoms with Gasteiger partial charge in [-0.3, -0.25) is 4.57 Å². The van der Waals surface area contributed by atoms with Crippen LogP contribution in [0.25, 0.3) is 39.9 Å². The summed E-state index contributed by atoms with van der Waals surface area (Å²) in [7, 11) is -1.45. The van der Waals surface area contributed by atoms with Crippen LogP contribution in [0.5, 0.6) is 0 Å². The number of hydrogen-bond donors (Lipinski definition) is 2. The smallest absolute Gasteiger partial charge is 0.423 e. The zero-order valence-corrected chi connectivity index (χ0v) is 15.1. The Hall–Kier alpha value is -3.43. The van der Waals surface area contributed by atoms with Crippen molar-refractivity contribution in [3.8, 4) is 16.8 Å². The highest BCUT2D eigenvalue weighted by atomic mass is 16.4. The second kappa shape index (κ2) is 6.63. The molecule has 1 aromatic heterocycles. The largest absolute Gasteiger partial charge is 0.488 e. The molecular formula is C24H17BNO2+. The zero-order chi connectivity index (χ0) is 19.1. The molecule has 0 atom stereocenters. The summed E-state index contributed by atoms with van der Waals surface area (Å²) in [4.78, 5) is 0. The maximum atomic E-state index is 9.31. The van der Waals surface area contributed by atoms with Crippen LogP contribution in [0.15, 0.2) is 78.9 Å². The first kappa shape index (κ1) is 16.7. The Balaban J connectivity index is 1.71. The molecule has 0 saturated heterocycles. The van der Waals surface area contributed by atoms with Gasteiger partial charge < -0.3 is 10.0 Å². The fourth-order valence-electron chi connectivity index (χ4n) is 3.79. The van der Waals surface area contributed by atoms with Gasteiger partial charge in [0.2, 0.25) is 0 Å². The number of fused-ring (bicyclic) bond motifs is 3. The number of rotatable bonds is 3. The number of benzene rings is 3. The Morgan fingerprint density at radius 2 is 1.57 bits per heavy atom. The molecule has 3 aromatic carbocycles. The molecule has 4 aromatic rings. The fraction of sp³-hybridized carbons (Fsp3) is 0. The molecule has 2 N–H and O–H groups in total. The lowest BCUT2D eigenvalue weighted by Gasteiger charge is -2.07. The first-order valence-corrected chi connectivity index (χ1v) is 9.18. The van der Waals surface area contributed by atoms with Crippen molar-refractivity contribution in [2.24, 2.45) is 0 Å². The third-order valence-corrected chi connectivity index (χ3v) is 5.17. The first-order chi connectivity index (χ1) is 13.7. The van der Waals surface area contributed by atoms with Crippen molar-refractivity contribution in [1.29, 1.82) is 0 Å². The maximum absolute atomic E-state index is 9.31. The maximum Gasteiger partial charge on any atom is 0.488 e. The molecule has 0 fully saturated rings. The quantitative estimate of drug-likeness (QED) is 0.430. The van der Waals surface area contributed by atoms with Gasteiger partial charge in [0.15, 0.2) is 5.69 Å². The Bertz CT molecular complexity index is 1220. The van der Waals surface area contributed by atoms with Crippen LogP contribution in [0.2, 0.25) is 0 Å². The third kappa shape index (κ3) is 2.68. The van der Waals surface area contributed by atoms with E-state index in [-0.39, 0.29) is 0 Å². The minimum Gasteiger partial charge on any atom is -0.423 e. The van der Waals surface area contributed by atoms with E-state index >= 15 is 0 Å². The zero-order valence-electron chi connectivity index (χ0n) is 15.1. The van der Waals surface area contributed by atoms with Crippen molar-refractivity contribution in [2.75, 3.05) is 0 Å². The van der Waals surface area contributed by atoms with Crippen LogP contribution in [-0.4, -0.2) is 21.7 Å². The van der Waals surface area contributed by atoms with E-state index in [1.54, 1.807) is 12.1 Å². The molecule has 132 valence electrons. The van der Waals surface area contributed by atoms with Gasteiger partial charge in [-0.2, -0.15) is 0 Å². The Kier molecular flexibility index (Phi) is 3.96. The van der Waals surface area contributed by atoms with E-state index < -0.39 is 7.12 Å². The molecule has 0 aliphatic heterocycles. The van der Waals surface area contributed by atoms with Gasteiger partial charge in [-0.1, -0.05) is 48.5 Å². The molecule has 28 heavy (non-hydrogen) atoms. The molecule has 0 saturated carbocycles. The van der Waals surface area contributed by atoms with Crippen LogP contribution in [0.3, 0.4) is 0 Å². The van der Waals surface area contributed by atoms with Gasteiger partial charge in [0.05, 0.1) is 17.0 Å². The predicted molar refractivity (Wildman–Crippen MR) is 115 cm³/mol. The van der Waals surface area contributed by atoms with Crippen LogP contribution < -0.4 is 5.46 Å².